The summed E-state index contributed by atoms with van der Waals surface area (Å²) in [6.07, 6.45) is 0. The number of halogens is 4. The lowest BCUT2D eigenvalue weighted by molar-refractivity contribution is 0.449. The van der Waals surface area contributed by atoms with E-state index in [0.29, 0.717) is 0 Å². The van der Waals surface area contributed by atoms with Gasteiger partial charge in [0.1, 0.15) is 0 Å². The van der Waals surface area contributed by atoms with Gasteiger partial charge in [-0.25, -0.2) is 17.6 Å². The molecular formula is C14H7F4N. The van der Waals surface area contributed by atoms with Crippen molar-refractivity contribution in [2.24, 2.45) is 0 Å². The van der Waals surface area contributed by atoms with Gasteiger partial charge in [0.2, 0.25) is 0 Å². The zero-order valence-corrected chi connectivity index (χ0v) is 9.77. The normalized spacial score (nSPS) is 10.3. The summed E-state index contributed by atoms with van der Waals surface area (Å²) in [6.45, 7) is 0.958. The van der Waals surface area contributed by atoms with E-state index in [1.54, 1.807) is 0 Å². The molecule has 2 aromatic carbocycles. The Hall–Kier alpha value is -2.35. The first-order valence-electron chi connectivity index (χ1n) is 5.30. The first-order valence-corrected chi connectivity index (χ1v) is 5.30. The smallest absolute Gasteiger partial charge is 0.170 e. The molecular weight excluding hydrogens is 258 g/mol. The lowest BCUT2D eigenvalue weighted by Gasteiger charge is -2.09. The van der Waals surface area contributed by atoms with Crippen LogP contribution >= 0.6 is 0 Å². The maximum absolute atomic E-state index is 13.7. The molecule has 0 spiro atoms. The fourth-order valence-corrected chi connectivity index (χ4v) is 1.71. The molecule has 0 bridgehead atoms. The number of nitriles is 1. The van der Waals surface area contributed by atoms with E-state index in [0.717, 1.165) is 6.92 Å². The van der Waals surface area contributed by atoms with E-state index in [1.165, 1.54) is 24.3 Å². The minimum absolute atomic E-state index is 0.0354. The van der Waals surface area contributed by atoms with Gasteiger partial charge in [-0.1, -0.05) is 12.1 Å². The minimum atomic E-state index is -1.44. The molecule has 2 rings (SSSR count). The number of hydrogen-bond acceptors (Lipinski definition) is 1. The topological polar surface area (TPSA) is 23.8 Å². The fourth-order valence-electron chi connectivity index (χ4n) is 1.71. The van der Waals surface area contributed by atoms with E-state index in [1.807, 2.05) is 6.07 Å². The Morgan fingerprint density at radius 2 is 1.32 bits per heavy atom. The molecule has 0 saturated heterocycles. The minimum Gasteiger partial charge on any atom is -0.203 e. The van der Waals surface area contributed by atoms with Crippen LogP contribution in [-0.4, -0.2) is 0 Å². The Morgan fingerprint density at radius 3 is 1.74 bits per heavy atom. The van der Waals surface area contributed by atoms with E-state index >= 15 is 0 Å². The average Bonchev–Trinajstić information content (AvgIpc) is 2.44. The molecule has 0 aromatic heterocycles. The van der Waals surface area contributed by atoms with Crippen molar-refractivity contribution in [1.82, 2.24) is 0 Å². The van der Waals surface area contributed by atoms with Crippen molar-refractivity contribution in [1.29, 1.82) is 5.26 Å². The van der Waals surface area contributed by atoms with Gasteiger partial charge in [0.15, 0.2) is 23.3 Å². The predicted octanol–water partition coefficient (Wildman–Crippen LogP) is 4.09. The highest BCUT2D eigenvalue weighted by Gasteiger charge is 2.23. The van der Waals surface area contributed by atoms with Crippen LogP contribution in [0.1, 0.15) is 11.1 Å². The average molecular weight is 265 g/mol. The summed E-state index contributed by atoms with van der Waals surface area (Å²) in [5.41, 5.74) is -1.23. The maximum Gasteiger partial charge on any atom is 0.170 e. The van der Waals surface area contributed by atoms with E-state index in [9.17, 15) is 17.6 Å². The monoisotopic (exact) mass is 265 g/mol. The molecule has 0 heterocycles. The molecule has 0 atom stereocenters. The quantitative estimate of drug-likeness (QED) is 0.562. The standard InChI is InChI=1S/C14H7F4N/c1-7-11(15)13(17)10(14(18)12(7)16)9-4-2-8(6-19)3-5-9/h2-5H,1H3. The van der Waals surface area contributed by atoms with Gasteiger partial charge in [0.25, 0.3) is 0 Å². The summed E-state index contributed by atoms with van der Waals surface area (Å²) in [7, 11) is 0. The second-order valence-electron chi connectivity index (χ2n) is 3.95. The molecule has 0 saturated carbocycles. The largest absolute Gasteiger partial charge is 0.203 e. The van der Waals surface area contributed by atoms with Crippen LogP contribution in [0.4, 0.5) is 17.6 Å². The summed E-state index contributed by atoms with van der Waals surface area (Å²) in [5.74, 6) is -5.72. The predicted molar refractivity (Wildman–Crippen MR) is 61.2 cm³/mol. The first-order chi connectivity index (χ1) is 8.97. The van der Waals surface area contributed by atoms with Crippen LogP contribution in [0.3, 0.4) is 0 Å². The summed E-state index contributed by atoms with van der Waals surface area (Å²) >= 11 is 0. The Balaban J connectivity index is 2.72. The maximum atomic E-state index is 13.7. The molecule has 96 valence electrons. The molecule has 1 nitrogen and oxygen atoms in total. The third kappa shape index (κ3) is 2.06. The van der Waals surface area contributed by atoms with Gasteiger partial charge in [-0.3, -0.25) is 0 Å². The molecule has 19 heavy (non-hydrogen) atoms. The number of hydrogen-bond donors (Lipinski definition) is 0. The fraction of sp³-hybridized carbons (Fsp3) is 0.0714. The Kier molecular flexibility index (Phi) is 3.26. The zero-order valence-electron chi connectivity index (χ0n) is 9.77. The third-order valence-corrected chi connectivity index (χ3v) is 2.79. The van der Waals surface area contributed by atoms with E-state index in [2.05, 4.69) is 0 Å². The van der Waals surface area contributed by atoms with E-state index < -0.39 is 34.4 Å². The van der Waals surface area contributed by atoms with Crippen molar-refractivity contribution >= 4 is 0 Å². The number of nitrogens with zero attached hydrogens (tertiary/aromatic N) is 1. The SMILES string of the molecule is Cc1c(F)c(F)c(-c2ccc(C#N)cc2)c(F)c1F. The second-order valence-corrected chi connectivity index (χ2v) is 3.95. The molecule has 2 aromatic rings. The van der Waals surface area contributed by atoms with Gasteiger partial charge in [0.05, 0.1) is 17.2 Å². The summed E-state index contributed by atoms with van der Waals surface area (Å²) < 4.78 is 54.3. The number of benzene rings is 2. The lowest BCUT2D eigenvalue weighted by atomic mass is 10.0. The van der Waals surface area contributed by atoms with Crippen LogP contribution in [0.15, 0.2) is 24.3 Å². The molecule has 0 amide bonds. The van der Waals surface area contributed by atoms with Gasteiger partial charge < -0.3 is 0 Å². The molecule has 5 heteroatoms. The molecule has 0 fully saturated rings. The van der Waals surface area contributed by atoms with Crippen molar-refractivity contribution in [3.05, 3.63) is 58.7 Å². The highest BCUT2D eigenvalue weighted by molar-refractivity contribution is 5.66. The van der Waals surface area contributed by atoms with Crippen molar-refractivity contribution < 1.29 is 17.6 Å². The third-order valence-electron chi connectivity index (χ3n) is 2.79. The molecule has 0 unspecified atom stereocenters. The Labute approximate surface area is 106 Å². The van der Waals surface area contributed by atoms with Gasteiger partial charge in [-0.2, -0.15) is 5.26 Å². The van der Waals surface area contributed by atoms with Gasteiger partial charge in [-0.05, 0) is 24.6 Å². The van der Waals surface area contributed by atoms with Crippen molar-refractivity contribution in [2.45, 2.75) is 6.92 Å². The van der Waals surface area contributed by atoms with E-state index in [4.69, 9.17) is 5.26 Å². The first kappa shape index (κ1) is 13.1. The Morgan fingerprint density at radius 1 is 0.842 bits per heavy atom. The van der Waals surface area contributed by atoms with Crippen molar-refractivity contribution in [2.75, 3.05) is 0 Å². The van der Waals surface area contributed by atoms with Crippen LogP contribution in [0.5, 0.6) is 0 Å². The van der Waals surface area contributed by atoms with E-state index in [-0.39, 0.29) is 11.1 Å². The van der Waals surface area contributed by atoms with Crippen LogP contribution in [-0.2, 0) is 0 Å². The highest BCUT2D eigenvalue weighted by Crippen LogP contribution is 2.31. The molecule has 0 aliphatic carbocycles. The van der Waals surface area contributed by atoms with Crippen molar-refractivity contribution in [3.8, 4) is 17.2 Å². The van der Waals surface area contributed by atoms with Crippen molar-refractivity contribution in [3.63, 3.8) is 0 Å². The molecule has 0 aliphatic rings. The van der Waals surface area contributed by atoms with Crippen LogP contribution in [0.2, 0.25) is 0 Å². The van der Waals surface area contributed by atoms with Gasteiger partial charge in [-0.15, -0.1) is 0 Å². The molecule has 0 N–H and O–H groups in total. The highest BCUT2D eigenvalue weighted by atomic mass is 19.2. The van der Waals surface area contributed by atoms with Crippen LogP contribution in [0, 0.1) is 41.5 Å². The summed E-state index contributed by atoms with van der Waals surface area (Å²) in [6, 6.07) is 6.91. The Bertz CT molecular complexity index is 655. The second kappa shape index (κ2) is 4.73. The molecule has 0 radical (unpaired) electrons. The summed E-state index contributed by atoms with van der Waals surface area (Å²) in [5, 5.41) is 8.61. The van der Waals surface area contributed by atoms with Gasteiger partial charge in [0, 0.05) is 5.56 Å². The van der Waals surface area contributed by atoms with Crippen LogP contribution < -0.4 is 0 Å². The summed E-state index contributed by atoms with van der Waals surface area (Å²) in [4.78, 5) is 0. The lowest BCUT2D eigenvalue weighted by Crippen LogP contribution is -2.03. The number of rotatable bonds is 1. The van der Waals surface area contributed by atoms with Gasteiger partial charge >= 0.3 is 0 Å². The molecule has 0 aliphatic heterocycles. The zero-order chi connectivity index (χ0) is 14.2. The van der Waals surface area contributed by atoms with Crippen LogP contribution in [0.25, 0.3) is 11.1 Å².